The summed E-state index contributed by atoms with van der Waals surface area (Å²) in [5.74, 6) is 0.940. The molecule has 0 atom stereocenters. The number of nitrogens with zero attached hydrogens (tertiary/aromatic N) is 2. The third kappa shape index (κ3) is 14.3. The summed E-state index contributed by atoms with van der Waals surface area (Å²) in [5, 5.41) is 6.62. The second kappa shape index (κ2) is 17.0. The largest absolute Gasteiger partial charge is 0.383 e. The summed E-state index contributed by atoms with van der Waals surface area (Å²) in [4.78, 5) is 6.85. The Balaban J connectivity index is 0. The van der Waals surface area contributed by atoms with Gasteiger partial charge in [0, 0.05) is 33.3 Å². The molecule has 0 heterocycles. The maximum absolute atomic E-state index is 5.05. The van der Waals surface area contributed by atoms with E-state index >= 15 is 0 Å². The third-order valence-corrected chi connectivity index (χ3v) is 2.81. The van der Waals surface area contributed by atoms with Crippen molar-refractivity contribution in [3.63, 3.8) is 0 Å². The predicted octanol–water partition coefficient (Wildman–Crippen LogP) is 1.93. The molecule has 20 heavy (non-hydrogen) atoms. The zero-order valence-corrected chi connectivity index (χ0v) is 15.9. The van der Waals surface area contributed by atoms with Gasteiger partial charge in [0.2, 0.25) is 0 Å². The number of aliphatic imine (C=N–C) groups is 1. The molecule has 0 fully saturated rings. The van der Waals surface area contributed by atoms with Gasteiger partial charge in [0.15, 0.2) is 5.96 Å². The van der Waals surface area contributed by atoms with Crippen LogP contribution in [-0.2, 0) is 4.74 Å². The zero-order valence-electron chi connectivity index (χ0n) is 13.6. The number of ether oxygens (including phenoxy) is 1. The predicted molar refractivity (Wildman–Crippen MR) is 98.3 cm³/mol. The van der Waals surface area contributed by atoms with Gasteiger partial charge in [0.05, 0.1) is 6.61 Å². The van der Waals surface area contributed by atoms with Gasteiger partial charge in [-0.1, -0.05) is 13.3 Å². The van der Waals surface area contributed by atoms with E-state index in [9.17, 15) is 0 Å². The molecule has 5 nitrogen and oxygen atoms in total. The number of likely N-dealkylation sites (N-methyl/N-ethyl adjacent to an activating group) is 1. The Morgan fingerprint density at radius 3 is 2.50 bits per heavy atom. The molecular weight excluding hydrogens is 367 g/mol. The lowest BCUT2D eigenvalue weighted by atomic mass is 10.3. The zero-order chi connectivity index (χ0) is 14.3. The molecule has 2 N–H and O–H groups in total. The number of nitrogens with one attached hydrogen (secondary N) is 2. The van der Waals surface area contributed by atoms with Crippen LogP contribution in [0.15, 0.2) is 4.99 Å². The van der Waals surface area contributed by atoms with Crippen molar-refractivity contribution in [1.82, 2.24) is 15.5 Å². The van der Waals surface area contributed by atoms with Crippen molar-refractivity contribution in [1.29, 1.82) is 0 Å². The van der Waals surface area contributed by atoms with Crippen molar-refractivity contribution in [3.8, 4) is 0 Å². The molecule has 0 saturated carbocycles. The first-order valence-corrected chi connectivity index (χ1v) is 7.44. The van der Waals surface area contributed by atoms with Gasteiger partial charge in [-0.05, 0) is 33.4 Å². The highest BCUT2D eigenvalue weighted by molar-refractivity contribution is 14.0. The average Bonchev–Trinajstić information content (AvgIpc) is 2.41. The minimum atomic E-state index is 0. The van der Waals surface area contributed by atoms with Crippen LogP contribution >= 0.6 is 24.0 Å². The minimum absolute atomic E-state index is 0. The van der Waals surface area contributed by atoms with Crippen LogP contribution in [0.5, 0.6) is 0 Å². The van der Waals surface area contributed by atoms with E-state index in [2.05, 4.69) is 41.4 Å². The van der Waals surface area contributed by atoms with Crippen molar-refractivity contribution >= 4 is 29.9 Å². The molecule has 0 aromatic heterocycles. The fourth-order valence-electron chi connectivity index (χ4n) is 1.62. The maximum Gasteiger partial charge on any atom is 0.191 e. The molecule has 0 aliphatic carbocycles. The number of rotatable bonds is 11. The lowest BCUT2D eigenvalue weighted by Crippen LogP contribution is -2.38. The molecule has 0 spiro atoms. The van der Waals surface area contributed by atoms with Crippen LogP contribution < -0.4 is 10.6 Å². The molecule has 0 aromatic rings. The summed E-state index contributed by atoms with van der Waals surface area (Å²) in [6, 6.07) is 0. The highest BCUT2D eigenvalue weighted by Crippen LogP contribution is 1.89. The monoisotopic (exact) mass is 400 g/mol. The third-order valence-electron chi connectivity index (χ3n) is 2.81. The molecule has 0 saturated heterocycles. The van der Waals surface area contributed by atoms with Crippen molar-refractivity contribution in [2.24, 2.45) is 4.99 Å². The number of methoxy groups -OCH3 is 1. The standard InChI is InChI=1S/C14H32N4O.HI/c1-5-7-9-16-14(15-6-2)17-10-8-11-18(3)12-13-19-4;/h5-13H2,1-4H3,(H2,15,16,17);1H. The molecule has 0 aromatic carbocycles. The fraction of sp³-hybridized carbons (Fsp3) is 0.929. The SMILES string of the molecule is CCCCNC(=NCCCN(C)CCOC)NCC.I. The summed E-state index contributed by atoms with van der Waals surface area (Å²) in [5.41, 5.74) is 0. The summed E-state index contributed by atoms with van der Waals surface area (Å²) in [6.07, 6.45) is 3.46. The molecule has 0 amide bonds. The lowest BCUT2D eigenvalue weighted by molar-refractivity contribution is 0.161. The van der Waals surface area contributed by atoms with Crippen LogP contribution in [-0.4, -0.2) is 64.3 Å². The normalized spacial score (nSPS) is 11.3. The van der Waals surface area contributed by atoms with Gasteiger partial charge >= 0.3 is 0 Å². The summed E-state index contributed by atoms with van der Waals surface area (Å²) < 4.78 is 5.05. The quantitative estimate of drug-likeness (QED) is 0.241. The van der Waals surface area contributed by atoms with E-state index in [1.165, 1.54) is 12.8 Å². The fourth-order valence-corrected chi connectivity index (χ4v) is 1.62. The molecule has 0 unspecified atom stereocenters. The van der Waals surface area contributed by atoms with E-state index in [0.717, 1.165) is 51.7 Å². The maximum atomic E-state index is 5.05. The van der Waals surface area contributed by atoms with Gasteiger partial charge < -0.3 is 20.3 Å². The Hall–Kier alpha value is -0.0800. The first-order chi connectivity index (χ1) is 9.24. The van der Waals surface area contributed by atoms with Gasteiger partial charge in [-0.3, -0.25) is 4.99 Å². The number of hydrogen-bond acceptors (Lipinski definition) is 3. The van der Waals surface area contributed by atoms with Gasteiger partial charge in [-0.2, -0.15) is 0 Å². The van der Waals surface area contributed by atoms with Crippen molar-refractivity contribution < 1.29 is 4.74 Å². The number of unbranched alkanes of at least 4 members (excludes halogenated alkanes) is 1. The molecule has 122 valence electrons. The second-order valence-corrected chi connectivity index (χ2v) is 4.69. The number of hydrogen-bond donors (Lipinski definition) is 2. The van der Waals surface area contributed by atoms with E-state index in [1.54, 1.807) is 7.11 Å². The van der Waals surface area contributed by atoms with E-state index in [-0.39, 0.29) is 24.0 Å². The smallest absolute Gasteiger partial charge is 0.191 e. The highest BCUT2D eigenvalue weighted by Gasteiger charge is 1.98. The molecular formula is C14H33IN4O. The second-order valence-electron chi connectivity index (χ2n) is 4.69. The van der Waals surface area contributed by atoms with E-state index < -0.39 is 0 Å². The molecule has 0 bridgehead atoms. The van der Waals surface area contributed by atoms with Crippen molar-refractivity contribution in [2.75, 3.05) is 53.5 Å². The Morgan fingerprint density at radius 2 is 1.90 bits per heavy atom. The Kier molecular flexibility index (Phi) is 18.8. The lowest BCUT2D eigenvalue weighted by Gasteiger charge is -2.15. The molecule has 0 radical (unpaired) electrons. The first-order valence-electron chi connectivity index (χ1n) is 7.44. The van der Waals surface area contributed by atoms with Gasteiger partial charge in [0.1, 0.15) is 0 Å². The number of guanidine groups is 1. The summed E-state index contributed by atoms with van der Waals surface area (Å²) in [6.45, 7) is 9.88. The Bertz CT molecular complexity index is 227. The summed E-state index contributed by atoms with van der Waals surface area (Å²) in [7, 11) is 3.86. The summed E-state index contributed by atoms with van der Waals surface area (Å²) >= 11 is 0. The van der Waals surface area contributed by atoms with Crippen LogP contribution in [0.2, 0.25) is 0 Å². The molecule has 0 aliphatic heterocycles. The Labute approximate surface area is 141 Å². The minimum Gasteiger partial charge on any atom is -0.383 e. The van der Waals surface area contributed by atoms with Crippen molar-refractivity contribution in [3.05, 3.63) is 0 Å². The topological polar surface area (TPSA) is 48.9 Å². The van der Waals surface area contributed by atoms with Crippen LogP contribution in [0.25, 0.3) is 0 Å². The highest BCUT2D eigenvalue weighted by atomic mass is 127. The van der Waals surface area contributed by atoms with Crippen LogP contribution in [0.1, 0.15) is 33.1 Å². The first kappa shape index (κ1) is 22.2. The average molecular weight is 400 g/mol. The molecule has 0 aliphatic rings. The molecule has 0 rings (SSSR count). The van der Waals surface area contributed by atoms with Gasteiger partial charge in [0.25, 0.3) is 0 Å². The Morgan fingerprint density at radius 1 is 1.15 bits per heavy atom. The van der Waals surface area contributed by atoms with Crippen LogP contribution in [0.3, 0.4) is 0 Å². The van der Waals surface area contributed by atoms with E-state index in [1.807, 2.05) is 0 Å². The van der Waals surface area contributed by atoms with E-state index in [4.69, 9.17) is 4.74 Å². The van der Waals surface area contributed by atoms with Crippen molar-refractivity contribution in [2.45, 2.75) is 33.1 Å². The van der Waals surface area contributed by atoms with Crippen LogP contribution in [0.4, 0.5) is 0 Å². The van der Waals surface area contributed by atoms with Gasteiger partial charge in [-0.15, -0.1) is 24.0 Å². The van der Waals surface area contributed by atoms with Crippen LogP contribution in [0, 0.1) is 0 Å². The van der Waals surface area contributed by atoms with E-state index in [0.29, 0.717) is 0 Å². The molecule has 6 heteroatoms. The van der Waals surface area contributed by atoms with Gasteiger partial charge in [-0.25, -0.2) is 0 Å². The number of halogens is 1.